The van der Waals surface area contributed by atoms with Gasteiger partial charge in [-0.25, -0.2) is 0 Å². The molecule has 6 rings (SSSR count). The van der Waals surface area contributed by atoms with Gasteiger partial charge in [-0.15, -0.1) is 0 Å². The molecule has 0 spiro atoms. The van der Waals surface area contributed by atoms with E-state index in [2.05, 4.69) is 59.1 Å². The average Bonchev–Trinajstić information content (AvgIpc) is 3.99. The lowest BCUT2D eigenvalue weighted by Gasteiger charge is -2.73. The number of aliphatic hydroxyl groups excluding tert-OH is 2. The summed E-state index contributed by atoms with van der Waals surface area (Å²) < 4.78 is 12.3. The fourth-order valence-corrected chi connectivity index (χ4v) is 18.4. The topological polar surface area (TPSA) is 161 Å². The summed E-state index contributed by atoms with van der Waals surface area (Å²) in [7, 11) is 8.74. The van der Waals surface area contributed by atoms with Crippen LogP contribution < -0.4 is 10.6 Å². The molecule has 4 unspecified atom stereocenters. The van der Waals surface area contributed by atoms with E-state index in [-0.39, 0.29) is 99.5 Å². The first-order chi connectivity index (χ1) is 34.6. The van der Waals surface area contributed by atoms with Gasteiger partial charge in [0.1, 0.15) is 6.04 Å². The van der Waals surface area contributed by atoms with Crippen molar-refractivity contribution in [2.45, 2.75) is 215 Å². The molecule has 1 saturated heterocycles. The Labute approximate surface area is 449 Å². The van der Waals surface area contributed by atoms with Crippen LogP contribution in [0.15, 0.2) is 12.2 Å². The third kappa shape index (κ3) is 10.7. The maximum absolute atomic E-state index is 14.6. The number of ether oxygens (including phenoxy) is 2. The van der Waals surface area contributed by atoms with Gasteiger partial charge in [-0.3, -0.25) is 24.1 Å². The van der Waals surface area contributed by atoms with Gasteiger partial charge in [0, 0.05) is 41.0 Å². The summed E-state index contributed by atoms with van der Waals surface area (Å²) in [4.78, 5) is 62.4. The molecule has 74 heavy (non-hydrogen) atoms. The molecular weight excluding hydrogens is 931 g/mol. The molecule has 13 nitrogen and oxygen atoms in total. The number of amides is 4. The molecule has 5 aliphatic carbocycles. The van der Waals surface area contributed by atoms with Gasteiger partial charge in [-0.1, -0.05) is 102 Å². The molecule has 5 saturated carbocycles. The van der Waals surface area contributed by atoms with Crippen molar-refractivity contribution < 1.29 is 38.9 Å². The predicted octanol–water partition coefficient (Wildman–Crippen LogP) is 8.74. The van der Waals surface area contributed by atoms with E-state index in [1.54, 1.807) is 26.2 Å². The molecule has 6 fully saturated rings. The Balaban J connectivity index is 1.12. The van der Waals surface area contributed by atoms with E-state index in [1.807, 2.05) is 58.5 Å². The third-order valence-electron chi connectivity index (χ3n) is 22.9. The zero-order valence-corrected chi connectivity index (χ0v) is 49.7. The first-order valence-corrected chi connectivity index (χ1v) is 29.4. The molecule has 0 aromatic heterocycles. The predicted molar refractivity (Wildman–Crippen MR) is 295 cm³/mol. The van der Waals surface area contributed by atoms with Gasteiger partial charge in [-0.2, -0.15) is 0 Å². The van der Waals surface area contributed by atoms with Gasteiger partial charge < -0.3 is 40.1 Å². The fourth-order valence-electron chi connectivity index (χ4n) is 18.4. The lowest BCUT2D eigenvalue weighted by Crippen LogP contribution is -2.66. The maximum atomic E-state index is 14.6. The molecule has 0 radical (unpaired) electrons. The van der Waals surface area contributed by atoms with Gasteiger partial charge >= 0.3 is 0 Å². The minimum atomic E-state index is -0.761. The number of aliphatic hydroxyl groups is 2. The van der Waals surface area contributed by atoms with Gasteiger partial charge in [0.2, 0.25) is 23.6 Å². The highest BCUT2D eigenvalue weighted by Crippen LogP contribution is 2.77. The van der Waals surface area contributed by atoms with E-state index < -0.39 is 36.3 Å². The summed E-state index contributed by atoms with van der Waals surface area (Å²) in [6, 6.07) is -1.92. The van der Waals surface area contributed by atoms with Crippen molar-refractivity contribution in [1.29, 1.82) is 0 Å². The smallest absolute Gasteiger partial charge is 0.245 e. The van der Waals surface area contributed by atoms with Crippen molar-refractivity contribution in [3.05, 3.63) is 12.2 Å². The number of carbonyl (C=O) groups excluding carboxylic acids is 4. The lowest BCUT2D eigenvalue weighted by molar-refractivity contribution is -0.249. The second-order valence-corrected chi connectivity index (χ2v) is 27.6. The lowest BCUT2D eigenvalue weighted by atomic mass is 9.32. The van der Waals surface area contributed by atoms with E-state index in [1.165, 1.54) is 12.8 Å². The number of likely N-dealkylation sites (N-methyl/N-ethyl adjacent to an activating group) is 2. The van der Waals surface area contributed by atoms with Crippen LogP contribution in [0.4, 0.5) is 0 Å². The maximum Gasteiger partial charge on any atom is 0.245 e. The van der Waals surface area contributed by atoms with Gasteiger partial charge in [0.25, 0.3) is 0 Å². The van der Waals surface area contributed by atoms with E-state index in [9.17, 15) is 29.4 Å². The quantitative estimate of drug-likeness (QED) is 0.0825. The van der Waals surface area contributed by atoms with Gasteiger partial charge in [0.05, 0.1) is 48.8 Å². The Morgan fingerprint density at radius 2 is 1.47 bits per heavy atom. The SMILES string of the molecule is C=C(CNC(=O)[C@H](C)[C@@H](OC)C1CCCN1C(=O)C[C@@H](OC)[C@H]([C@@H](C)CC)N(C)C(=O)[C@@H](NC(=O)C(C(C)C)N(C)C)C(C)C)[C@@H]1CC[C@]2(CO)CC[C@]3(C)C(CCC4[C@@]5(C)CC[C@H](O)C(C)(C)[C@@H]5CC[C@]43C)[C@@H]12. The Morgan fingerprint density at radius 3 is 2.05 bits per heavy atom. The molecule has 13 heteroatoms. The zero-order chi connectivity index (χ0) is 55.2. The van der Waals surface area contributed by atoms with Crippen molar-refractivity contribution in [2.75, 3.05) is 55.1 Å². The molecule has 424 valence electrons. The fraction of sp³-hybridized carbons (Fsp3) is 0.902. The van der Waals surface area contributed by atoms with Crippen molar-refractivity contribution in [3.63, 3.8) is 0 Å². The molecule has 4 N–H and O–H groups in total. The van der Waals surface area contributed by atoms with Crippen molar-refractivity contribution in [3.8, 4) is 0 Å². The summed E-state index contributed by atoms with van der Waals surface area (Å²) in [6.45, 7) is 32.2. The van der Waals surface area contributed by atoms with Crippen molar-refractivity contribution in [1.82, 2.24) is 25.3 Å². The Morgan fingerprint density at radius 1 is 0.797 bits per heavy atom. The number of hydrogen-bond donors (Lipinski definition) is 4. The van der Waals surface area contributed by atoms with Crippen molar-refractivity contribution >= 4 is 23.6 Å². The number of nitrogens with zero attached hydrogens (tertiary/aromatic N) is 3. The molecular formula is C61H107N5O8. The summed E-state index contributed by atoms with van der Waals surface area (Å²) in [5.41, 5.74) is 1.31. The standard InChI is InChI=1S/C61H107N5O8/c1-19-38(6)52(65(16)56(72)50(36(2)3)63-55(71)51(37(4)5)64(14)15)44(73-17)33-48(69)66-32-20-21-43(66)53(74-18)40(8)54(70)62-34-39(7)41-24-29-61(35-67)31-30-59(12)42(49(41)61)22-23-46-58(11)27-26-47(68)57(9,10)45(58)25-28-60(46,59)13/h36-38,40-47,49-53,67-68H,7,19-35H2,1-6,8-18H3,(H,62,70)(H,63,71)/t38-,40+,41-,42?,43?,44+,45-,46?,47-,49+,50-,51?,52-,53+,58-,59+,60+,61+/m0/s1. The number of fused-ring (bicyclic) bond motifs is 7. The third-order valence-corrected chi connectivity index (χ3v) is 22.9. The Bertz CT molecular complexity index is 1990. The summed E-state index contributed by atoms with van der Waals surface area (Å²) >= 11 is 0. The number of carbonyl (C=O) groups is 4. The molecule has 6 aliphatic rings. The normalized spacial score (nSPS) is 36.4. The highest BCUT2D eigenvalue weighted by atomic mass is 16.5. The second kappa shape index (κ2) is 23.4. The molecule has 1 aliphatic heterocycles. The van der Waals surface area contributed by atoms with E-state index in [0.717, 1.165) is 69.8 Å². The number of likely N-dealkylation sites (tertiary alicyclic amines) is 1. The molecule has 4 amide bonds. The number of methoxy groups -OCH3 is 2. The van der Waals surface area contributed by atoms with E-state index in [0.29, 0.717) is 43.2 Å². The largest absolute Gasteiger partial charge is 0.396 e. The number of rotatable bonds is 21. The Hall–Kier alpha value is -2.58. The summed E-state index contributed by atoms with van der Waals surface area (Å²) in [6.07, 6.45) is 11.7. The van der Waals surface area contributed by atoms with Crippen LogP contribution in [0.2, 0.25) is 0 Å². The van der Waals surface area contributed by atoms with Gasteiger partial charge in [-0.05, 0) is 166 Å². The monoisotopic (exact) mass is 1040 g/mol. The van der Waals surface area contributed by atoms with Crippen LogP contribution in [0.25, 0.3) is 0 Å². The van der Waals surface area contributed by atoms with E-state index >= 15 is 0 Å². The van der Waals surface area contributed by atoms with Crippen LogP contribution in [0.3, 0.4) is 0 Å². The van der Waals surface area contributed by atoms with Crippen LogP contribution in [0.1, 0.15) is 173 Å². The minimum Gasteiger partial charge on any atom is -0.396 e. The number of nitrogens with one attached hydrogen (secondary N) is 2. The van der Waals surface area contributed by atoms with E-state index in [4.69, 9.17) is 16.1 Å². The van der Waals surface area contributed by atoms with Crippen molar-refractivity contribution in [2.24, 2.45) is 80.3 Å². The molecule has 0 aromatic rings. The molecule has 1 heterocycles. The van der Waals surface area contributed by atoms with Crippen LogP contribution in [0.5, 0.6) is 0 Å². The first kappa shape index (κ1) is 60.6. The van der Waals surface area contributed by atoms with Gasteiger partial charge in [0.15, 0.2) is 0 Å². The molecule has 18 atom stereocenters. The molecule has 0 bridgehead atoms. The zero-order valence-electron chi connectivity index (χ0n) is 49.7. The number of hydrogen-bond acceptors (Lipinski definition) is 9. The van der Waals surface area contributed by atoms with Crippen LogP contribution >= 0.6 is 0 Å². The average molecular weight is 1040 g/mol. The first-order valence-electron chi connectivity index (χ1n) is 29.4. The van der Waals surface area contributed by atoms with Crippen LogP contribution in [-0.4, -0.2) is 146 Å². The molecule has 0 aromatic carbocycles. The van der Waals surface area contributed by atoms with Crippen LogP contribution in [-0.2, 0) is 28.7 Å². The highest BCUT2D eigenvalue weighted by Gasteiger charge is 2.71. The summed E-state index contributed by atoms with van der Waals surface area (Å²) in [5, 5.41) is 28.9. The Kier molecular flexibility index (Phi) is 19.2. The second-order valence-electron chi connectivity index (χ2n) is 27.6. The van der Waals surface area contributed by atoms with Crippen LogP contribution in [0, 0.1) is 80.3 Å². The summed E-state index contributed by atoms with van der Waals surface area (Å²) in [5.74, 6) is 0.750. The minimum absolute atomic E-state index is 0.0190. The highest BCUT2D eigenvalue weighted by molar-refractivity contribution is 5.90.